The lowest BCUT2D eigenvalue weighted by Gasteiger charge is -2.42. The molecule has 0 radical (unpaired) electrons. The fraction of sp³-hybridized carbons (Fsp3) is 0.478. The second-order valence-electron chi connectivity index (χ2n) is 8.40. The molecule has 146 valence electrons. The number of benzene rings is 1. The number of H-pyrrole nitrogens is 1. The maximum Gasteiger partial charge on any atom is 0.121 e. The summed E-state index contributed by atoms with van der Waals surface area (Å²) < 4.78 is 0. The third kappa shape index (κ3) is 3.45. The third-order valence-corrected chi connectivity index (χ3v) is 6.55. The molecule has 0 aliphatic heterocycles. The predicted octanol–water partition coefficient (Wildman–Crippen LogP) is 4.11. The van der Waals surface area contributed by atoms with Gasteiger partial charge in [0.05, 0.1) is 29.3 Å². The van der Waals surface area contributed by atoms with Crippen LogP contribution in [-0.4, -0.2) is 31.9 Å². The monoisotopic (exact) mass is 375 g/mol. The number of aromatic amines is 1. The molecule has 5 rings (SSSR count). The van der Waals surface area contributed by atoms with Crippen LogP contribution < -0.4 is 5.73 Å². The van der Waals surface area contributed by atoms with Crippen molar-refractivity contribution in [1.82, 2.24) is 19.9 Å². The van der Waals surface area contributed by atoms with E-state index >= 15 is 0 Å². The number of fused-ring (bicyclic) bond motifs is 2. The second kappa shape index (κ2) is 7.64. The van der Waals surface area contributed by atoms with Crippen LogP contribution in [0.15, 0.2) is 42.6 Å². The molecule has 1 aromatic carbocycles. The summed E-state index contributed by atoms with van der Waals surface area (Å²) in [4.78, 5) is 15.9. The smallest absolute Gasteiger partial charge is 0.121 e. The van der Waals surface area contributed by atoms with E-state index in [-0.39, 0.29) is 0 Å². The molecule has 0 spiro atoms. The molecular formula is C23H29N5. The summed E-state index contributed by atoms with van der Waals surface area (Å²) in [6, 6.07) is 13.9. The highest BCUT2D eigenvalue weighted by Gasteiger charge is 2.34. The number of nitrogens with one attached hydrogen (secondary N) is 1. The molecule has 3 N–H and O–H groups in total. The number of rotatable bonds is 4. The lowest BCUT2D eigenvalue weighted by Crippen LogP contribution is -2.43. The van der Waals surface area contributed by atoms with E-state index < -0.39 is 0 Å². The Labute approximate surface area is 166 Å². The Morgan fingerprint density at radius 2 is 1.89 bits per heavy atom. The molecule has 2 aliphatic rings. The quantitative estimate of drug-likeness (QED) is 0.720. The van der Waals surface area contributed by atoms with Crippen LogP contribution in [0, 0.1) is 0 Å². The summed E-state index contributed by atoms with van der Waals surface area (Å²) in [5, 5.41) is 0. The lowest BCUT2D eigenvalue weighted by molar-refractivity contribution is 0.0761. The molecule has 2 heterocycles. The first-order valence-corrected chi connectivity index (χ1v) is 10.7. The van der Waals surface area contributed by atoms with Gasteiger partial charge in [-0.25, -0.2) is 4.98 Å². The second-order valence-corrected chi connectivity index (χ2v) is 8.40. The minimum Gasteiger partial charge on any atom is -0.341 e. The van der Waals surface area contributed by atoms with E-state index in [2.05, 4.69) is 46.3 Å². The van der Waals surface area contributed by atoms with E-state index in [1.165, 1.54) is 36.9 Å². The van der Waals surface area contributed by atoms with Gasteiger partial charge in [-0.05, 0) is 68.7 Å². The highest BCUT2D eigenvalue weighted by atomic mass is 15.2. The number of para-hydroxylation sites is 2. The van der Waals surface area contributed by atoms with Crippen molar-refractivity contribution in [2.45, 2.75) is 69.6 Å². The van der Waals surface area contributed by atoms with E-state index in [1.807, 2.05) is 6.20 Å². The Morgan fingerprint density at radius 3 is 2.75 bits per heavy atom. The van der Waals surface area contributed by atoms with Crippen LogP contribution in [0.25, 0.3) is 11.0 Å². The largest absolute Gasteiger partial charge is 0.341 e. The molecule has 5 nitrogen and oxygen atoms in total. The van der Waals surface area contributed by atoms with Gasteiger partial charge in [-0.1, -0.05) is 18.2 Å². The van der Waals surface area contributed by atoms with Crippen molar-refractivity contribution in [2.75, 3.05) is 0 Å². The van der Waals surface area contributed by atoms with Crippen LogP contribution in [0.2, 0.25) is 0 Å². The average Bonchev–Trinajstić information content (AvgIpc) is 3.15. The van der Waals surface area contributed by atoms with Crippen molar-refractivity contribution in [3.8, 4) is 0 Å². The summed E-state index contributed by atoms with van der Waals surface area (Å²) in [7, 11) is 0. The van der Waals surface area contributed by atoms with E-state index in [0.717, 1.165) is 42.7 Å². The molecule has 1 atom stereocenters. The molecule has 2 aliphatic carbocycles. The Bertz CT molecular complexity index is 908. The maximum atomic E-state index is 6.21. The SMILES string of the molecule is N[C@H]1CC[C@H](N(Cc2nc3ccccc3[nH]2)C2CCCc3cccnc32)CC1. The summed E-state index contributed by atoms with van der Waals surface area (Å²) in [6.07, 6.45) is 10.1. The number of nitrogens with zero attached hydrogens (tertiary/aromatic N) is 3. The molecular weight excluding hydrogens is 346 g/mol. The number of aryl methyl sites for hydroxylation is 1. The third-order valence-electron chi connectivity index (χ3n) is 6.55. The van der Waals surface area contributed by atoms with Crippen LogP contribution >= 0.6 is 0 Å². The predicted molar refractivity (Wildman–Crippen MR) is 112 cm³/mol. The van der Waals surface area contributed by atoms with E-state index in [9.17, 15) is 0 Å². The fourth-order valence-corrected chi connectivity index (χ4v) is 5.09. The molecule has 5 heteroatoms. The van der Waals surface area contributed by atoms with E-state index in [4.69, 9.17) is 15.7 Å². The van der Waals surface area contributed by atoms with Gasteiger partial charge in [0, 0.05) is 18.3 Å². The van der Waals surface area contributed by atoms with Crippen molar-refractivity contribution in [3.05, 3.63) is 59.7 Å². The van der Waals surface area contributed by atoms with Crippen molar-refractivity contribution in [3.63, 3.8) is 0 Å². The van der Waals surface area contributed by atoms with E-state index in [0.29, 0.717) is 18.1 Å². The molecule has 28 heavy (non-hydrogen) atoms. The van der Waals surface area contributed by atoms with Crippen LogP contribution in [-0.2, 0) is 13.0 Å². The van der Waals surface area contributed by atoms with Crippen LogP contribution in [0.3, 0.4) is 0 Å². The molecule has 1 unspecified atom stereocenters. The minimum atomic E-state index is 0.362. The number of imidazole rings is 1. The zero-order valence-corrected chi connectivity index (χ0v) is 16.3. The number of hydrogen-bond donors (Lipinski definition) is 2. The van der Waals surface area contributed by atoms with Gasteiger partial charge in [0.1, 0.15) is 5.82 Å². The van der Waals surface area contributed by atoms with Gasteiger partial charge in [0.15, 0.2) is 0 Å². The normalized spacial score (nSPS) is 25.1. The fourth-order valence-electron chi connectivity index (χ4n) is 5.09. The Kier molecular flexibility index (Phi) is 4.87. The summed E-state index contributed by atoms with van der Waals surface area (Å²) in [5.74, 6) is 1.05. The molecule has 0 saturated heterocycles. The lowest BCUT2D eigenvalue weighted by atomic mass is 9.86. The first-order valence-electron chi connectivity index (χ1n) is 10.7. The summed E-state index contributed by atoms with van der Waals surface area (Å²) >= 11 is 0. The van der Waals surface area contributed by atoms with Crippen LogP contribution in [0.1, 0.15) is 61.6 Å². The summed E-state index contributed by atoms with van der Waals surface area (Å²) in [5.41, 5.74) is 11.1. The van der Waals surface area contributed by atoms with Gasteiger partial charge in [-0.3, -0.25) is 9.88 Å². The number of pyridine rings is 1. The number of aromatic nitrogens is 3. The van der Waals surface area contributed by atoms with Crippen LogP contribution in [0.4, 0.5) is 0 Å². The molecule has 2 aromatic heterocycles. The Balaban J connectivity index is 1.48. The zero-order valence-electron chi connectivity index (χ0n) is 16.3. The molecule has 1 fully saturated rings. The van der Waals surface area contributed by atoms with Gasteiger partial charge < -0.3 is 10.7 Å². The maximum absolute atomic E-state index is 6.21. The highest BCUT2D eigenvalue weighted by Crippen LogP contribution is 2.38. The van der Waals surface area contributed by atoms with Gasteiger partial charge >= 0.3 is 0 Å². The molecule has 0 amide bonds. The van der Waals surface area contributed by atoms with Crippen LogP contribution in [0.5, 0.6) is 0 Å². The van der Waals surface area contributed by atoms with Crippen molar-refractivity contribution >= 4 is 11.0 Å². The number of nitrogens with two attached hydrogens (primary N) is 1. The molecule has 3 aromatic rings. The average molecular weight is 376 g/mol. The zero-order chi connectivity index (χ0) is 18.9. The Hall–Kier alpha value is -2.24. The van der Waals surface area contributed by atoms with Gasteiger partial charge in [0.25, 0.3) is 0 Å². The van der Waals surface area contributed by atoms with E-state index in [1.54, 1.807) is 0 Å². The van der Waals surface area contributed by atoms with Gasteiger partial charge in [-0.2, -0.15) is 0 Å². The minimum absolute atomic E-state index is 0.362. The van der Waals surface area contributed by atoms with Gasteiger partial charge in [-0.15, -0.1) is 0 Å². The first kappa shape index (κ1) is 17.8. The first-order chi connectivity index (χ1) is 13.8. The molecule has 1 saturated carbocycles. The Morgan fingerprint density at radius 1 is 1.04 bits per heavy atom. The van der Waals surface area contributed by atoms with Crippen molar-refractivity contribution < 1.29 is 0 Å². The van der Waals surface area contributed by atoms with Crippen molar-refractivity contribution in [1.29, 1.82) is 0 Å². The summed E-state index contributed by atoms with van der Waals surface area (Å²) in [6.45, 7) is 0.843. The topological polar surface area (TPSA) is 70.8 Å². The van der Waals surface area contributed by atoms with Crippen molar-refractivity contribution in [2.24, 2.45) is 5.73 Å². The van der Waals surface area contributed by atoms with Gasteiger partial charge in [0.2, 0.25) is 0 Å². The standard InChI is InChI=1S/C23H29N5/c24-17-10-12-18(13-11-17)28(15-22-26-19-7-1-2-8-20(19)27-22)21-9-3-5-16-6-4-14-25-23(16)21/h1-2,4,6-8,14,17-18,21H,3,5,9-13,15,24H2,(H,26,27)/t17-,18-,21?. The molecule has 0 bridgehead atoms. The number of hydrogen-bond acceptors (Lipinski definition) is 4. The highest BCUT2D eigenvalue weighted by molar-refractivity contribution is 5.74.